The molecule has 0 aliphatic rings. The number of nitrogens with zero attached hydrogens (tertiary/aromatic N) is 12. The van der Waals surface area contributed by atoms with Crippen molar-refractivity contribution in [2.75, 3.05) is 0 Å². The Balaban J connectivity index is -0.0000000176. The van der Waals surface area contributed by atoms with Gasteiger partial charge in [0, 0.05) is 0 Å². The van der Waals surface area contributed by atoms with E-state index in [4.69, 9.17) is 184 Å². The van der Waals surface area contributed by atoms with Crippen LogP contribution in [0.25, 0.3) is 0 Å². The first-order valence-electron chi connectivity index (χ1n) is 6.57. The summed E-state index contributed by atoms with van der Waals surface area (Å²) in [5.41, 5.74) is 0. The second-order valence-corrected chi connectivity index (χ2v) is 2.68. The zero-order valence-electron chi connectivity index (χ0n) is 22.7. The van der Waals surface area contributed by atoms with E-state index in [1.54, 1.807) is 0 Å². The van der Waals surface area contributed by atoms with E-state index in [-0.39, 0.29) is 163 Å². The van der Waals surface area contributed by atoms with Crippen molar-refractivity contribution in [2.45, 2.75) is 0 Å². The average molecular weight is 1160 g/mol. The van der Waals surface area contributed by atoms with Crippen molar-refractivity contribution in [3.8, 4) is 0 Å². The number of rotatable bonds is 0. The largest absolute Gasteiger partial charge is 3.00 e. The number of hydrogen-bond acceptors (Lipinski definition) is 36. The van der Waals surface area contributed by atoms with Crippen LogP contribution in [-0.4, -0.2) is 130 Å². The standard InChI is InChI=1S/3Mg.12NO3.2Yb/c;;;12*2-1(3)4;;/q3*+2;12*-1;2*+3. The van der Waals surface area contributed by atoms with Gasteiger partial charge in [0.05, 0.1) is 61.0 Å². The van der Waals surface area contributed by atoms with Gasteiger partial charge < -0.3 is 184 Å². The maximum atomic E-state index is 8.25. The molecule has 0 N–H and O–H groups in total. The first-order chi connectivity index (χ1) is 20.8. The summed E-state index contributed by atoms with van der Waals surface area (Å²) in [4.78, 5) is 99.0. The molecule has 0 saturated carbocycles. The molecule has 0 aromatic heterocycles. The topological polar surface area (TPSA) is 794 Å². The van der Waals surface area contributed by atoms with Gasteiger partial charge in [-0.1, -0.05) is 0 Å². The van der Waals surface area contributed by atoms with E-state index in [2.05, 4.69) is 0 Å². The Morgan fingerprint density at radius 1 is 0.151 bits per heavy atom. The van der Waals surface area contributed by atoms with Gasteiger partial charge in [-0.25, -0.2) is 0 Å². The van der Waals surface area contributed by atoms with Gasteiger partial charge >= 0.3 is 163 Å². The summed E-state index contributed by atoms with van der Waals surface area (Å²) in [6.07, 6.45) is 0. The van der Waals surface area contributed by atoms with Crippen molar-refractivity contribution < 1.29 is 155 Å². The maximum Gasteiger partial charge on any atom is 3.00 e. The molecule has 0 atom stereocenters. The summed E-state index contributed by atoms with van der Waals surface area (Å²) in [7, 11) is 0. The minimum absolute atomic E-state index is 0. The molecular formula is Mg3N12O36Yb2. The normalized spacial score (nSPS) is 5.43. The zero-order valence-corrected chi connectivity index (χ0v) is 30.4. The quantitative estimate of drug-likeness (QED) is 0.127. The fraction of sp³-hybridized carbons (Fsp3) is 0. The summed E-state index contributed by atoms with van der Waals surface area (Å²) in [5, 5.41) is 177. The summed E-state index contributed by atoms with van der Waals surface area (Å²) in [6, 6.07) is 0. The average Bonchev–Trinajstić information content (AvgIpc) is 2.61. The van der Waals surface area contributed by atoms with Crippen LogP contribution in [0.2, 0.25) is 0 Å². The van der Waals surface area contributed by atoms with Crippen molar-refractivity contribution >= 4 is 69.2 Å². The monoisotopic (exact) mass is 1160 g/mol. The van der Waals surface area contributed by atoms with Gasteiger partial charge in [0.25, 0.3) is 0 Å². The first-order valence-corrected chi connectivity index (χ1v) is 6.57. The van der Waals surface area contributed by atoms with E-state index < -0.39 is 61.0 Å². The van der Waals surface area contributed by atoms with Crippen molar-refractivity contribution in [1.29, 1.82) is 0 Å². The van der Waals surface area contributed by atoms with Crippen LogP contribution in [-0.2, 0) is 0 Å². The molecule has 0 aromatic rings. The molecule has 53 heteroatoms. The van der Waals surface area contributed by atoms with Crippen molar-refractivity contribution in [2.24, 2.45) is 0 Å². The van der Waals surface area contributed by atoms with Gasteiger partial charge in [0.1, 0.15) is 0 Å². The van der Waals surface area contributed by atoms with Crippen LogP contribution >= 0.6 is 0 Å². The van der Waals surface area contributed by atoms with Crippen molar-refractivity contribution in [3.05, 3.63) is 184 Å². The Morgan fingerprint density at radius 2 is 0.151 bits per heavy atom. The fourth-order valence-electron chi connectivity index (χ4n) is 0. The van der Waals surface area contributed by atoms with E-state index in [1.807, 2.05) is 0 Å². The van der Waals surface area contributed by atoms with Crippen LogP contribution in [0.5, 0.6) is 0 Å². The Kier molecular flexibility index (Phi) is 215. The van der Waals surface area contributed by atoms with Gasteiger partial charge in [-0.15, -0.1) is 0 Å². The third-order valence-corrected chi connectivity index (χ3v) is 0. The van der Waals surface area contributed by atoms with Gasteiger partial charge in [-0.05, 0) is 0 Å². The van der Waals surface area contributed by atoms with Crippen LogP contribution in [0.1, 0.15) is 0 Å². The van der Waals surface area contributed by atoms with Crippen LogP contribution in [0.4, 0.5) is 0 Å². The fourth-order valence-corrected chi connectivity index (χ4v) is 0. The van der Waals surface area contributed by atoms with Crippen LogP contribution in [0, 0.1) is 278 Å². The summed E-state index contributed by atoms with van der Waals surface area (Å²) in [6.45, 7) is 0. The smallest absolute Gasteiger partial charge is 0.356 e. The van der Waals surface area contributed by atoms with Crippen LogP contribution in [0.15, 0.2) is 0 Å². The zero-order chi connectivity index (χ0) is 42.9. The third-order valence-electron chi connectivity index (χ3n) is 0. The minimum atomic E-state index is -1.75. The van der Waals surface area contributed by atoms with E-state index in [9.17, 15) is 0 Å². The molecule has 48 nitrogen and oxygen atoms in total. The molecule has 0 aromatic carbocycles. The molecule has 0 heterocycles. The van der Waals surface area contributed by atoms with Gasteiger partial charge in [0.2, 0.25) is 0 Å². The molecule has 0 aliphatic heterocycles. The molecule has 0 saturated heterocycles. The molecule has 0 fully saturated rings. The first kappa shape index (κ1) is 110. The van der Waals surface area contributed by atoms with E-state index in [1.165, 1.54) is 0 Å². The predicted molar refractivity (Wildman–Crippen MR) is 142 cm³/mol. The van der Waals surface area contributed by atoms with Crippen LogP contribution in [0.3, 0.4) is 0 Å². The Labute approximate surface area is 403 Å². The molecule has 2 radical (unpaired) electrons. The van der Waals surface area contributed by atoms with Gasteiger partial charge in [0.15, 0.2) is 0 Å². The molecule has 0 unspecified atom stereocenters. The van der Waals surface area contributed by atoms with Gasteiger partial charge in [-0.3, -0.25) is 0 Å². The Bertz CT molecular complexity index is 602. The molecular weight excluding hydrogens is 1160 g/mol. The summed E-state index contributed by atoms with van der Waals surface area (Å²) >= 11 is 0. The molecule has 0 amide bonds. The molecule has 310 valence electrons. The Hall–Kier alpha value is -4.26. The SMILES string of the molecule is O=[N+]([O-])[O-].O=[N+]([O-])[O-].O=[N+]([O-])[O-].O=[N+]([O-])[O-].O=[N+]([O-])[O-].O=[N+]([O-])[O-].O=[N+]([O-])[O-].O=[N+]([O-])[O-].O=[N+]([O-])[O-].O=[N+]([O-])[O-].O=[N+]([O-])[O-].O=[N+]([O-])[O-].[Mg+2].[Mg+2].[Mg+2].[Yb+3].[Yb+3]. The predicted octanol–water partition coefficient (Wildman–Crippen LogP) is -4.01. The molecule has 0 aliphatic carbocycles. The minimum Gasteiger partial charge on any atom is -0.356 e. The third kappa shape index (κ3) is 5500. The van der Waals surface area contributed by atoms with Crippen molar-refractivity contribution in [3.63, 3.8) is 0 Å². The Morgan fingerprint density at radius 3 is 0.151 bits per heavy atom. The van der Waals surface area contributed by atoms with E-state index in [0.29, 0.717) is 0 Å². The molecule has 0 spiro atoms. The van der Waals surface area contributed by atoms with E-state index >= 15 is 0 Å². The summed E-state index contributed by atoms with van der Waals surface area (Å²) in [5.74, 6) is 0. The van der Waals surface area contributed by atoms with Gasteiger partial charge in [-0.2, -0.15) is 0 Å². The van der Waals surface area contributed by atoms with Crippen LogP contribution < -0.4 is 0 Å². The summed E-state index contributed by atoms with van der Waals surface area (Å²) < 4.78 is 0. The molecule has 0 bridgehead atoms. The number of hydrogen-bond donors (Lipinski definition) is 0. The second kappa shape index (κ2) is 104. The second-order valence-electron chi connectivity index (χ2n) is 2.68. The molecule has 0 rings (SSSR count). The van der Waals surface area contributed by atoms with E-state index in [0.717, 1.165) is 0 Å². The maximum absolute atomic E-state index is 8.25. The molecule has 53 heavy (non-hydrogen) atoms. The van der Waals surface area contributed by atoms with Crippen molar-refractivity contribution in [1.82, 2.24) is 0 Å².